The lowest BCUT2D eigenvalue weighted by Gasteiger charge is -2.08. The van der Waals surface area contributed by atoms with Gasteiger partial charge in [0.15, 0.2) is 0 Å². The van der Waals surface area contributed by atoms with Gasteiger partial charge in [-0.05, 0) is 18.6 Å². The predicted molar refractivity (Wildman–Crippen MR) is 78.1 cm³/mol. The first kappa shape index (κ1) is 14.1. The third kappa shape index (κ3) is 3.15. The standard InChI is InChI=1S/C14H20N2O2S/c1-3-14-15-12-8-5-6-9-13(12)16(14)10-7-11-19(17,18)4-2/h5-6,8-9H,3-4,7,10-11H2,1-2H3. The first-order valence-electron chi connectivity index (χ1n) is 6.72. The van der Waals surface area contributed by atoms with Crippen LogP contribution in [0, 0.1) is 0 Å². The van der Waals surface area contributed by atoms with E-state index in [2.05, 4.69) is 16.5 Å². The van der Waals surface area contributed by atoms with Crippen molar-refractivity contribution in [1.29, 1.82) is 0 Å². The molecule has 1 aromatic heterocycles. The normalized spacial score (nSPS) is 12.1. The Bertz CT molecular complexity index is 659. The van der Waals surface area contributed by atoms with Crippen LogP contribution in [0.1, 0.15) is 26.1 Å². The van der Waals surface area contributed by atoms with Crippen LogP contribution in [0.5, 0.6) is 0 Å². The third-order valence-electron chi connectivity index (χ3n) is 3.33. The number of imidazole rings is 1. The van der Waals surface area contributed by atoms with Crippen LogP contribution < -0.4 is 0 Å². The van der Waals surface area contributed by atoms with E-state index in [9.17, 15) is 8.42 Å². The highest BCUT2D eigenvalue weighted by atomic mass is 32.2. The van der Waals surface area contributed by atoms with E-state index in [0.29, 0.717) is 13.0 Å². The number of aryl methyl sites for hydroxylation is 2. The van der Waals surface area contributed by atoms with Crippen molar-refractivity contribution in [2.24, 2.45) is 0 Å². The molecule has 0 amide bonds. The molecule has 0 aliphatic heterocycles. The number of hydrogen-bond acceptors (Lipinski definition) is 3. The molecule has 19 heavy (non-hydrogen) atoms. The Morgan fingerprint density at radius 2 is 1.95 bits per heavy atom. The summed E-state index contributed by atoms with van der Waals surface area (Å²) >= 11 is 0. The second-order valence-corrected chi connectivity index (χ2v) is 7.08. The first-order chi connectivity index (χ1) is 9.07. The van der Waals surface area contributed by atoms with Crippen LogP contribution in [0.25, 0.3) is 11.0 Å². The lowest BCUT2D eigenvalue weighted by molar-refractivity contribution is 0.586. The molecule has 0 spiro atoms. The van der Waals surface area contributed by atoms with Gasteiger partial charge in [0.05, 0.1) is 16.8 Å². The molecule has 4 nitrogen and oxygen atoms in total. The molecule has 0 unspecified atom stereocenters. The molecule has 0 aliphatic rings. The van der Waals surface area contributed by atoms with E-state index in [1.54, 1.807) is 6.92 Å². The molecule has 0 saturated carbocycles. The van der Waals surface area contributed by atoms with Crippen LogP contribution in [0.3, 0.4) is 0 Å². The van der Waals surface area contributed by atoms with E-state index in [1.807, 2.05) is 24.3 Å². The smallest absolute Gasteiger partial charge is 0.150 e. The largest absolute Gasteiger partial charge is 0.328 e. The number of fused-ring (bicyclic) bond motifs is 1. The van der Waals surface area contributed by atoms with Crippen LogP contribution in [0.15, 0.2) is 24.3 Å². The summed E-state index contributed by atoms with van der Waals surface area (Å²) in [4.78, 5) is 4.58. The first-order valence-corrected chi connectivity index (χ1v) is 8.54. The van der Waals surface area contributed by atoms with Gasteiger partial charge in [-0.15, -0.1) is 0 Å². The molecular formula is C14H20N2O2S. The van der Waals surface area contributed by atoms with Crippen LogP contribution >= 0.6 is 0 Å². The van der Waals surface area contributed by atoms with Gasteiger partial charge in [0.25, 0.3) is 0 Å². The Hall–Kier alpha value is -1.36. The Morgan fingerprint density at radius 3 is 2.63 bits per heavy atom. The zero-order valence-corrected chi connectivity index (χ0v) is 12.3. The number of para-hydroxylation sites is 2. The molecule has 2 rings (SSSR count). The van der Waals surface area contributed by atoms with Crippen molar-refractivity contribution in [3.63, 3.8) is 0 Å². The van der Waals surface area contributed by atoms with Gasteiger partial charge in [-0.25, -0.2) is 13.4 Å². The molecule has 0 atom stereocenters. The van der Waals surface area contributed by atoms with Gasteiger partial charge in [0.2, 0.25) is 0 Å². The Morgan fingerprint density at radius 1 is 1.21 bits per heavy atom. The Kier molecular flexibility index (Phi) is 4.24. The highest BCUT2D eigenvalue weighted by Gasteiger charge is 2.11. The minimum atomic E-state index is -2.88. The summed E-state index contributed by atoms with van der Waals surface area (Å²) in [5.74, 6) is 1.49. The quantitative estimate of drug-likeness (QED) is 0.816. The summed E-state index contributed by atoms with van der Waals surface area (Å²) < 4.78 is 25.2. The summed E-state index contributed by atoms with van der Waals surface area (Å²) in [7, 11) is -2.88. The SMILES string of the molecule is CCc1nc2ccccc2n1CCCS(=O)(=O)CC. The van der Waals surface area contributed by atoms with Crippen molar-refractivity contribution < 1.29 is 8.42 Å². The minimum Gasteiger partial charge on any atom is -0.328 e. The Balaban J connectivity index is 2.20. The number of nitrogens with zero attached hydrogens (tertiary/aromatic N) is 2. The number of benzene rings is 1. The molecule has 1 heterocycles. The summed E-state index contributed by atoms with van der Waals surface area (Å²) in [5, 5.41) is 0. The number of hydrogen-bond donors (Lipinski definition) is 0. The predicted octanol–water partition coefficient (Wildman–Crippen LogP) is 2.42. The average Bonchev–Trinajstić information content (AvgIpc) is 2.77. The molecule has 1 aromatic carbocycles. The summed E-state index contributed by atoms with van der Waals surface area (Å²) in [5.41, 5.74) is 2.07. The Labute approximate surface area is 114 Å². The summed E-state index contributed by atoms with van der Waals surface area (Å²) in [6, 6.07) is 7.99. The van der Waals surface area contributed by atoms with Crippen molar-refractivity contribution in [2.45, 2.75) is 33.2 Å². The second kappa shape index (κ2) is 5.74. The summed E-state index contributed by atoms with van der Waals surface area (Å²) in [6.45, 7) is 4.48. The zero-order valence-electron chi connectivity index (χ0n) is 11.5. The maximum atomic E-state index is 11.5. The van der Waals surface area contributed by atoms with Gasteiger partial charge >= 0.3 is 0 Å². The van der Waals surface area contributed by atoms with Gasteiger partial charge in [-0.1, -0.05) is 26.0 Å². The fraction of sp³-hybridized carbons (Fsp3) is 0.500. The number of rotatable bonds is 6. The molecule has 104 valence electrons. The van der Waals surface area contributed by atoms with Crippen molar-refractivity contribution in [3.05, 3.63) is 30.1 Å². The third-order valence-corrected chi connectivity index (χ3v) is 5.12. The van der Waals surface area contributed by atoms with Crippen LogP contribution in [-0.4, -0.2) is 29.5 Å². The molecule has 2 aromatic rings. The monoisotopic (exact) mass is 280 g/mol. The van der Waals surface area contributed by atoms with Gasteiger partial charge in [-0.2, -0.15) is 0 Å². The van der Waals surface area contributed by atoms with Crippen molar-refractivity contribution in [2.75, 3.05) is 11.5 Å². The lowest BCUT2D eigenvalue weighted by atomic mass is 10.3. The van der Waals surface area contributed by atoms with E-state index in [0.717, 1.165) is 23.3 Å². The van der Waals surface area contributed by atoms with Crippen molar-refractivity contribution in [1.82, 2.24) is 9.55 Å². The molecule has 0 bridgehead atoms. The zero-order chi connectivity index (χ0) is 13.9. The van der Waals surface area contributed by atoms with E-state index < -0.39 is 9.84 Å². The fourth-order valence-electron chi connectivity index (χ4n) is 2.23. The van der Waals surface area contributed by atoms with E-state index in [4.69, 9.17) is 0 Å². The van der Waals surface area contributed by atoms with Crippen LogP contribution in [0.4, 0.5) is 0 Å². The highest BCUT2D eigenvalue weighted by Crippen LogP contribution is 2.17. The molecule has 0 aliphatic carbocycles. The molecule has 5 heteroatoms. The fourth-order valence-corrected chi connectivity index (χ4v) is 3.09. The van der Waals surface area contributed by atoms with E-state index in [1.165, 1.54) is 0 Å². The molecule has 0 radical (unpaired) electrons. The molecule has 0 saturated heterocycles. The van der Waals surface area contributed by atoms with E-state index >= 15 is 0 Å². The van der Waals surface area contributed by atoms with Crippen molar-refractivity contribution in [3.8, 4) is 0 Å². The van der Waals surface area contributed by atoms with E-state index in [-0.39, 0.29) is 11.5 Å². The van der Waals surface area contributed by atoms with Gasteiger partial charge < -0.3 is 4.57 Å². The lowest BCUT2D eigenvalue weighted by Crippen LogP contribution is -2.12. The molecule has 0 N–H and O–H groups in total. The maximum Gasteiger partial charge on any atom is 0.150 e. The average molecular weight is 280 g/mol. The summed E-state index contributed by atoms with van der Waals surface area (Å²) in [6.07, 6.45) is 1.50. The second-order valence-electron chi connectivity index (χ2n) is 4.61. The van der Waals surface area contributed by atoms with Crippen molar-refractivity contribution >= 4 is 20.9 Å². The molecule has 0 fully saturated rings. The van der Waals surface area contributed by atoms with Crippen LogP contribution in [-0.2, 0) is 22.8 Å². The topological polar surface area (TPSA) is 52.0 Å². The van der Waals surface area contributed by atoms with Crippen LogP contribution in [0.2, 0.25) is 0 Å². The molecular weight excluding hydrogens is 260 g/mol. The number of sulfone groups is 1. The minimum absolute atomic E-state index is 0.221. The van der Waals surface area contributed by atoms with Gasteiger partial charge in [0.1, 0.15) is 15.7 Å². The van der Waals surface area contributed by atoms with Gasteiger partial charge in [-0.3, -0.25) is 0 Å². The van der Waals surface area contributed by atoms with Gasteiger partial charge in [0, 0.05) is 18.7 Å². The number of aromatic nitrogens is 2. The maximum absolute atomic E-state index is 11.5. The highest BCUT2D eigenvalue weighted by molar-refractivity contribution is 7.91.